The van der Waals surface area contributed by atoms with Crippen molar-refractivity contribution < 1.29 is 0 Å². The minimum atomic E-state index is 1.01. The van der Waals surface area contributed by atoms with E-state index < -0.39 is 0 Å². The fourth-order valence-corrected chi connectivity index (χ4v) is 3.48. The number of aliphatic imine (C=N–C) groups is 1. The molecule has 1 rings (SSSR count). The van der Waals surface area contributed by atoms with Gasteiger partial charge < -0.3 is 4.90 Å². The van der Waals surface area contributed by atoms with Crippen molar-refractivity contribution in [2.24, 2.45) is 4.99 Å². The summed E-state index contributed by atoms with van der Waals surface area (Å²) in [5, 5.41) is 0. The molecule has 0 spiro atoms. The highest BCUT2D eigenvalue weighted by molar-refractivity contribution is 5.83. The van der Waals surface area contributed by atoms with Gasteiger partial charge in [-0.25, -0.2) is 0 Å². The van der Waals surface area contributed by atoms with Gasteiger partial charge in [0.15, 0.2) is 0 Å². The second kappa shape index (κ2) is 15.7. The van der Waals surface area contributed by atoms with Crippen LogP contribution >= 0.6 is 0 Å². The highest BCUT2D eigenvalue weighted by Crippen LogP contribution is 2.12. The minimum Gasteiger partial charge on any atom is -0.359 e. The maximum atomic E-state index is 4.60. The summed E-state index contributed by atoms with van der Waals surface area (Å²) in [6.07, 6.45) is 24.1. The molecule has 0 N–H and O–H groups in total. The highest BCUT2D eigenvalue weighted by atomic mass is 15.2. The second-order valence-electron chi connectivity index (χ2n) is 7.21. The number of unbranched alkanes of at least 4 members (excludes halogenated alkanes) is 11. The van der Waals surface area contributed by atoms with Crippen molar-refractivity contribution >= 4 is 5.84 Å². The Labute approximate surface area is 151 Å². The third kappa shape index (κ3) is 10.9. The van der Waals surface area contributed by atoms with E-state index in [2.05, 4.69) is 35.9 Å². The van der Waals surface area contributed by atoms with E-state index in [0.29, 0.717) is 0 Å². The molecule has 1 heterocycles. The van der Waals surface area contributed by atoms with Crippen LogP contribution in [0.15, 0.2) is 17.1 Å². The Bertz CT molecular complexity index is 333. The van der Waals surface area contributed by atoms with Crippen molar-refractivity contribution in [2.75, 3.05) is 19.6 Å². The van der Waals surface area contributed by atoms with Crippen LogP contribution in [0.25, 0.3) is 0 Å². The maximum absolute atomic E-state index is 4.60. The Hall–Kier alpha value is -0.790. The Morgan fingerprint density at radius 2 is 1.38 bits per heavy atom. The van der Waals surface area contributed by atoms with Gasteiger partial charge in [-0.3, -0.25) is 4.99 Å². The van der Waals surface area contributed by atoms with Gasteiger partial charge in [0.25, 0.3) is 0 Å². The number of hydrogen-bond donors (Lipinski definition) is 0. The summed E-state index contributed by atoms with van der Waals surface area (Å²) in [6.45, 7) is 7.77. The van der Waals surface area contributed by atoms with E-state index in [1.54, 1.807) is 0 Å². The maximum Gasteiger partial charge on any atom is 0.0993 e. The smallest absolute Gasteiger partial charge is 0.0993 e. The van der Waals surface area contributed by atoms with E-state index in [-0.39, 0.29) is 0 Å². The molecule has 0 radical (unpaired) electrons. The van der Waals surface area contributed by atoms with Crippen LogP contribution in [0.2, 0.25) is 0 Å². The summed E-state index contributed by atoms with van der Waals surface area (Å²) in [6, 6.07) is 0. The molecule has 0 unspecified atom stereocenters. The lowest BCUT2D eigenvalue weighted by atomic mass is 10.1. The number of nitrogens with zero attached hydrogens (tertiary/aromatic N) is 2. The zero-order valence-electron chi connectivity index (χ0n) is 16.6. The Balaban J connectivity index is 1.80. The summed E-state index contributed by atoms with van der Waals surface area (Å²) >= 11 is 0. The summed E-state index contributed by atoms with van der Waals surface area (Å²) in [7, 11) is 0. The summed E-state index contributed by atoms with van der Waals surface area (Å²) in [5.41, 5.74) is 0. The van der Waals surface area contributed by atoms with Crippen LogP contribution in [0.1, 0.15) is 104 Å². The molecule has 0 bridgehead atoms. The van der Waals surface area contributed by atoms with E-state index in [0.717, 1.165) is 32.5 Å². The standard InChI is InChI=1S/C22H42N2/c1-3-5-6-7-8-9-10-11-12-13-14-15-16-17-18-19-22-23-20-21-24(22)4-2/h16-17H,3-15,18-21H2,1-2H3. The average Bonchev–Trinajstić information content (AvgIpc) is 3.06. The van der Waals surface area contributed by atoms with Crippen LogP contribution in [0.5, 0.6) is 0 Å². The molecule has 2 heteroatoms. The number of likely N-dealkylation sites (N-methyl/N-ethyl adjacent to an activating group) is 1. The van der Waals surface area contributed by atoms with Crippen LogP contribution < -0.4 is 0 Å². The van der Waals surface area contributed by atoms with Crippen LogP contribution in [-0.2, 0) is 0 Å². The monoisotopic (exact) mass is 334 g/mol. The van der Waals surface area contributed by atoms with E-state index >= 15 is 0 Å². The molecule has 0 aromatic rings. The lowest BCUT2D eigenvalue weighted by Gasteiger charge is -2.17. The summed E-state index contributed by atoms with van der Waals surface area (Å²) < 4.78 is 0. The van der Waals surface area contributed by atoms with Gasteiger partial charge in [-0.1, -0.05) is 83.3 Å². The molecule has 0 amide bonds. The molecular formula is C22H42N2. The molecule has 0 atom stereocenters. The first kappa shape index (κ1) is 21.3. The Kier molecular flexibility index (Phi) is 13.9. The molecule has 0 fully saturated rings. The van der Waals surface area contributed by atoms with Crippen LogP contribution in [0.3, 0.4) is 0 Å². The fraction of sp³-hybridized carbons (Fsp3) is 0.864. The van der Waals surface area contributed by atoms with Crippen LogP contribution in [0, 0.1) is 0 Å². The largest absolute Gasteiger partial charge is 0.359 e. The molecule has 140 valence electrons. The molecule has 0 saturated heterocycles. The lowest BCUT2D eigenvalue weighted by molar-refractivity contribution is 0.474. The van der Waals surface area contributed by atoms with Crippen molar-refractivity contribution in [1.29, 1.82) is 0 Å². The normalized spacial score (nSPS) is 14.8. The van der Waals surface area contributed by atoms with Gasteiger partial charge in [0.05, 0.1) is 12.4 Å². The van der Waals surface area contributed by atoms with Crippen molar-refractivity contribution in [3.05, 3.63) is 12.2 Å². The Morgan fingerprint density at radius 3 is 2.00 bits per heavy atom. The molecule has 1 aliphatic rings. The van der Waals surface area contributed by atoms with Gasteiger partial charge in [0.1, 0.15) is 0 Å². The molecule has 1 aliphatic heterocycles. The molecule has 24 heavy (non-hydrogen) atoms. The van der Waals surface area contributed by atoms with E-state index in [9.17, 15) is 0 Å². The zero-order valence-corrected chi connectivity index (χ0v) is 16.6. The van der Waals surface area contributed by atoms with Gasteiger partial charge in [-0.05, 0) is 26.2 Å². The predicted octanol–water partition coefficient (Wildman–Crippen LogP) is 6.76. The van der Waals surface area contributed by atoms with E-state index in [4.69, 9.17) is 0 Å². The molecular weight excluding hydrogens is 292 g/mol. The average molecular weight is 335 g/mol. The van der Waals surface area contributed by atoms with E-state index in [1.165, 1.54) is 82.9 Å². The van der Waals surface area contributed by atoms with Gasteiger partial charge in [-0.2, -0.15) is 0 Å². The van der Waals surface area contributed by atoms with Gasteiger partial charge in [-0.15, -0.1) is 0 Å². The van der Waals surface area contributed by atoms with Gasteiger partial charge in [0.2, 0.25) is 0 Å². The van der Waals surface area contributed by atoms with Crippen LogP contribution in [-0.4, -0.2) is 30.4 Å². The quantitative estimate of drug-likeness (QED) is 0.225. The molecule has 0 aromatic carbocycles. The first-order valence-electron chi connectivity index (χ1n) is 10.8. The summed E-state index contributed by atoms with van der Waals surface area (Å²) in [4.78, 5) is 7.01. The Morgan fingerprint density at radius 1 is 0.792 bits per heavy atom. The number of amidine groups is 1. The second-order valence-corrected chi connectivity index (χ2v) is 7.21. The lowest BCUT2D eigenvalue weighted by Crippen LogP contribution is -2.26. The number of rotatable bonds is 16. The number of allylic oxidation sites excluding steroid dienone is 2. The van der Waals surface area contributed by atoms with Crippen molar-refractivity contribution in [2.45, 2.75) is 104 Å². The third-order valence-corrected chi connectivity index (χ3v) is 5.09. The molecule has 0 aliphatic carbocycles. The predicted molar refractivity (Wildman–Crippen MR) is 109 cm³/mol. The first-order chi connectivity index (χ1) is 11.9. The fourth-order valence-electron chi connectivity index (χ4n) is 3.48. The van der Waals surface area contributed by atoms with Gasteiger partial charge in [0, 0.05) is 19.5 Å². The van der Waals surface area contributed by atoms with Crippen LogP contribution in [0.4, 0.5) is 0 Å². The number of hydrogen-bond acceptors (Lipinski definition) is 2. The molecule has 0 saturated carbocycles. The minimum absolute atomic E-state index is 1.01. The van der Waals surface area contributed by atoms with Crippen molar-refractivity contribution in [1.82, 2.24) is 4.90 Å². The molecule has 2 nitrogen and oxygen atoms in total. The zero-order chi connectivity index (χ0) is 17.3. The van der Waals surface area contributed by atoms with E-state index in [1.807, 2.05) is 0 Å². The van der Waals surface area contributed by atoms with Crippen molar-refractivity contribution in [3.63, 3.8) is 0 Å². The molecule has 0 aromatic heterocycles. The van der Waals surface area contributed by atoms with Gasteiger partial charge >= 0.3 is 0 Å². The highest BCUT2D eigenvalue weighted by Gasteiger charge is 2.12. The first-order valence-corrected chi connectivity index (χ1v) is 10.8. The SMILES string of the molecule is CCCCCCCCCCCCCC=CCCC1=NCCN1CC. The third-order valence-electron chi connectivity index (χ3n) is 5.09. The van der Waals surface area contributed by atoms with Crippen molar-refractivity contribution in [3.8, 4) is 0 Å². The summed E-state index contributed by atoms with van der Waals surface area (Å²) in [5.74, 6) is 1.33. The topological polar surface area (TPSA) is 15.6 Å².